The normalized spacial score (nSPS) is 11.2. The van der Waals surface area contributed by atoms with Crippen molar-refractivity contribution in [1.29, 1.82) is 0 Å². The molecule has 0 spiro atoms. The molecule has 29 heavy (non-hydrogen) atoms. The van der Waals surface area contributed by atoms with Crippen molar-refractivity contribution < 1.29 is 4.79 Å². The molecule has 5 nitrogen and oxygen atoms in total. The molecule has 0 bridgehead atoms. The van der Waals surface area contributed by atoms with Gasteiger partial charge < -0.3 is 15.5 Å². The van der Waals surface area contributed by atoms with E-state index in [0.29, 0.717) is 0 Å². The minimum absolute atomic E-state index is 0.0235. The van der Waals surface area contributed by atoms with Crippen LogP contribution in [0.5, 0.6) is 0 Å². The number of carbonyl (C=O) groups is 1. The van der Waals surface area contributed by atoms with Gasteiger partial charge in [-0.05, 0) is 61.6 Å². The maximum Gasteiger partial charge on any atom is 0.253 e. The van der Waals surface area contributed by atoms with Crippen LogP contribution in [0.2, 0.25) is 5.02 Å². The number of hydrogen-bond donors (Lipinski definition) is 2. The average molecular weight is 415 g/mol. The highest BCUT2D eigenvalue weighted by atomic mass is 35.5. The highest BCUT2D eigenvalue weighted by Gasteiger charge is 2.08. The Balaban J connectivity index is 1.81. The van der Waals surface area contributed by atoms with E-state index in [1.165, 1.54) is 5.56 Å². The predicted octanol–water partition coefficient (Wildman–Crippen LogP) is 3.77. The molecule has 0 aliphatic carbocycles. The molecular weight excluding hydrogens is 384 g/mol. The summed E-state index contributed by atoms with van der Waals surface area (Å²) in [5, 5.41) is 7.42. The molecular formula is C23H31ClN4O. The molecule has 2 rings (SSSR count). The topological polar surface area (TPSA) is 56.7 Å². The standard InChI is InChI=1S/C23H31ClN4O/c1-4-25-23(26-15-6-8-18-10-12-21(24)13-11-18)27-16-14-19-7-5-9-20(17-19)22(29)28(2)3/h5,7,9-13,17H,4,6,8,14-16H2,1-3H3,(H2,25,26,27). The number of nitrogens with zero attached hydrogens (tertiary/aromatic N) is 2. The molecule has 0 saturated heterocycles. The number of hydrogen-bond acceptors (Lipinski definition) is 2. The van der Waals surface area contributed by atoms with E-state index < -0.39 is 0 Å². The van der Waals surface area contributed by atoms with Gasteiger partial charge >= 0.3 is 0 Å². The maximum atomic E-state index is 12.1. The molecule has 0 saturated carbocycles. The Morgan fingerprint density at radius 1 is 1.03 bits per heavy atom. The number of amides is 1. The molecule has 0 unspecified atom stereocenters. The van der Waals surface area contributed by atoms with Crippen LogP contribution in [0.4, 0.5) is 0 Å². The van der Waals surface area contributed by atoms with Crippen molar-refractivity contribution in [2.45, 2.75) is 26.2 Å². The van der Waals surface area contributed by atoms with Crippen molar-refractivity contribution in [3.8, 4) is 0 Å². The minimum atomic E-state index is 0.0235. The van der Waals surface area contributed by atoms with Gasteiger partial charge in [0.25, 0.3) is 5.91 Å². The number of carbonyl (C=O) groups excluding carboxylic acids is 1. The number of rotatable bonds is 9. The first-order valence-electron chi connectivity index (χ1n) is 10.1. The van der Waals surface area contributed by atoms with Crippen LogP contribution >= 0.6 is 11.6 Å². The van der Waals surface area contributed by atoms with Gasteiger partial charge in [-0.25, -0.2) is 0 Å². The summed E-state index contributed by atoms with van der Waals surface area (Å²) in [5.41, 5.74) is 3.12. The molecule has 0 heterocycles. The van der Waals surface area contributed by atoms with Gasteiger partial charge in [0, 0.05) is 44.3 Å². The second-order valence-electron chi connectivity index (χ2n) is 7.07. The Morgan fingerprint density at radius 2 is 1.79 bits per heavy atom. The zero-order valence-corrected chi connectivity index (χ0v) is 18.3. The third-order valence-corrected chi connectivity index (χ3v) is 4.69. The van der Waals surface area contributed by atoms with Crippen LogP contribution in [0, 0.1) is 0 Å². The van der Waals surface area contributed by atoms with Crippen LogP contribution in [0.15, 0.2) is 53.5 Å². The molecule has 0 aromatic heterocycles. The molecule has 0 aliphatic heterocycles. The van der Waals surface area contributed by atoms with Crippen molar-refractivity contribution >= 4 is 23.5 Å². The lowest BCUT2D eigenvalue weighted by Gasteiger charge is -2.13. The number of aliphatic imine (C=N–C) groups is 1. The van der Waals surface area contributed by atoms with Gasteiger partial charge in [-0.1, -0.05) is 35.9 Å². The first kappa shape index (κ1) is 22.8. The molecule has 0 radical (unpaired) electrons. The lowest BCUT2D eigenvalue weighted by Crippen LogP contribution is -2.38. The number of nitrogens with one attached hydrogen (secondary N) is 2. The Bertz CT molecular complexity index is 803. The molecule has 0 aliphatic rings. The van der Waals surface area contributed by atoms with Gasteiger partial charge in [-0.15, -0.1) is 0 Å². The summed E-state index contributed by atoms with van der Waals surface area (Å²) in [5.74, 6) is 0.847. The van der Waals surface area contributed by atoms with Crippen LogP contribution < -0.4 is 10.6 Å². The van der Waals surface area contributed by atoms with Gasteiger partial charge in [0.1, 0.15) is 0 Å². The van der Waals surface area contributed by atoms with E-state index in [1.54, 1.807) is 19.0 Å². The fourth-order valence-electron chi connectivity index (χ4n) is 2.91. The maximum absolute atomic E-state index is 12.1. The number of guanidine groups is 1. The van der Waals surface area contributed by atoms with Gasteiger partial charge in [0.2, 0.25) is 0 Å². The minimum Gasteiger partial charge on any atom is -0.357 e. The van der Waals surface area contributed by atoms with Gasteiger partial charge in [0.15, 0.2) is 5.96 Å². The van der Waals surface area contributed by atoms with E-state index in [0.717, 1.165) is 61.0 Å². The largest absolute Gasteiger partial charge is 0.357 e. The van der Waals surface area contributed by atoms with E-state index in [4.69, 9.17) is 11.6 Å². The third kappa shape index (κ3) is 8.16. The van der Waals surface area contributed by atoms with Crippen LogP contribution in [0.1, 0.15) is 34.8 Å². The van der Waals surface area contributed by atoms with E-state index in [-0.39, 0.29) is 5.91 Å². The molecule has 0 fully saturated rings. The summed E-state index contributed by atoms with van der Waals surface area (Å²) in [7, 11) is 3.53. The first-order valence-corrected chi connectivity index (χ1v) is 10.4. The monoisotopic (exact) mass is 414 g/mol. The summed E-state index contributed by atoms with van der Waals surface area (Å²) in [6, 6.07) is 15.8. The van der Waals surface area contributed by atoms with Crippen LogP contribution in [0.25, 0.3) is 0 Å². The van der Waals surface area contributed by atoms with Gasteiger partial charge in [-0.3, -0.25) is 9.79 Å². The molecule has 6 heteroatoms. The molecule has 2 aromatic rings. The van der Waals surface area contributed by atoms with Gasteiger partial charge in [-0.2, -0.15) is 0 Å². The Labute approximate surface area is 179 Å². The second-order valence-corrected chi connectivity index (χ2v) is 7.50. The smallest absolute Gasteiger partial charge is 0.253 e. The van der Waals surface area contributed by atoms with E-state index in [2.05, 4.69) is 34.7 Å². The molecule has 0 atom stereocenters. The lowest BCUT2D eigenvalue weighted by atomic mass is 10.1. The second kappa shape index (κ2) is 12.1. The van der Waals surface area contributed by atoms with Gasteiger partial charge in [0.05, 0.1) is 0 Å². The van der Waals surface area contributed by atoms with Crippen LogP contribution in [0.3, 0.4) is 0 Å². The fourth-order valence-corrected chi connectivity index (χ4v) is 3.04. The van der Waals surface area contributed by atoms with Crippen molar-refractivity contribution in [2.75, 3.05) is 33.7 Å². The molecule has 156 valence electrons. The highest BCUT2D eigenvalue weighted by Crippen LogP contribution is 2.11. The predicted molar refractivity (Wildman–Crippen MR) is 122 cm³/mol. The quantitative estimate of drug-likeness (QED) is 0.373. The number of halogens is 1. The molecule has 1 amide bonds. The zero-order valence-electron chi connectivity index (χ0n) is 17.5. The van der Waals surface area contributed by atoms with E-state index in [9.17, 15) is 4.79 Å². The zero-order chi connectivity index (χ0) is 21.1. The van der Waals surface area contributed by atoms with Crippen molar-refractivity contribution in [2.24, 2.45) is 4.99 Å². The summed E-state index contributed by atoms with van der Waals surface area (Å²) in [6.07, 6.45) is 2.78. The summed E-state index contributed by atoms with van der Waals surface area (Å²) < 4.78 is 0. The van der Waals surface area contributed by atoms with E-state index in [1.807, 2.05) is 36.4 Å². The van der Waals surface area contributed by atoms with Crippen LogP contribution in [-0.4, -0.2) is 50.5 Å². The molecule has 2 N–H and O–H groups in total. The number of aryl methyl sites for hydroxylation is 1. The Morgan fingerprint density at radius 3 is 2.48 bits per heavy atom. The van der Waals surface area contributed by atoms with Crippen molar-refractivity contribution in [3.05, 3.63) is 70.2 Å². The summed E-state index contributed by atoms with van der Waals surface area (Å²) in [6.45, 7) is 4.38. The van der Waals surface area contributed by atoms with Crippen molar-refractivity contribution in [1.82, 2.24) is 15.5 Å². The SMILES string of the molecule is CCNC(=NCCCc1ccc(Cl)cc1)NCCc1cccc(C(=O)N(C)C)c1. The fraction of sp³-hybridized carbons (Fsp3) is 0.391. The average Bonchev–Trinajstić information content (AvgIpc) is 2.72. The Hall–Kier alpha value is -2.53. The number of benzene rings is 2. The first-order chi connectivity index (χ1) is 14.0. The lowest BCUT2D eigenvalue weighted by molar-refractivity contribution is 0.0827. The Kier molecular flexibility index (Phi) is 9.51. The third-order valence-electron chi connectivity index (χ3n) is 4.44. The molecule has 2 aromatic carbocycles. The van der Waals surface area contributed by atoms with E-state index >= 15 is 0 Å². The summed E-state index contributed by atoms with van der Waals surface area (Å²) in [4.78, 5) is 18.4. The van der Waals surface area contributed by atoms with Crippen molar-refractivity contribution in [3.63, 3.8) is 0 Å². The summed E-state index contributed by atoms with van der Waals surface area (Å²) >= 11 is 5.92. The highest BCUT2D eigenvalue weighted by molar-refractivity contribution is 6.30. The van der Waals surface area contributed by atoms with Crippen LogP contribution in [-0.2, 0) is 12.8 Å².